The minimum atomic E-state index is -0.697. The van der Waals surface area contributed by atoms with E-state index in [0.29, 0.717) is 28.8 Å². The first-order chi connectivity index (χ1) is 17.4. The zero-order valence-electron chi connectivity index (χ0n) is 20.9. The number of hydrogen-bond acceptors (Lipinski definition) is 7. The van der Waals surface area contributed by atoms with Crippen LogP contribution in [-0.4, -0.2) is 33.3 Å². The summed E-state index contributed by atoms with van der Waals surface area (Å²) in [6.45, 7) is 7.38. The van der Waals surface area contributed by atoms with Crippen LogP contribution in [0.4, 0.5) is 0 Å². The van der Waals surface area contributed by atoms with E-state index < -0.39 is 5.41 Å². The number of benzene rings is 1. The third-order valence-corrected chi connectivity index (χ3v) is 6.79. The van der Waals surface area contributed by atoms with Crippen molar-refractivity contribution in [2.24, 2.45) is 5.92 Å². The molecule has 0 bridgehead atoms. The zero-order chi connectivity index (χ0) is 25.1. The van der Waals surface area contributed by atoms with Crippen molar-refractivity contribution in [2.75, 3.05) is 13.2 Å². The average Bonchev–Trinajstić information content (AvgIpc) is 3.61. The number of nitriles is 1. The van der Waals surface area contributed by atoms with E-state index in [4.69, 9.17) is 14.2 Å². The van der Waals surface area contributed by atoms with Gasteiger partial charge in [0.15, 0.2) is 5.76 Å². The van der Waals surface area contributed by atoms with Gasteiger partial charge < -0.3 is 9.26 Å². The normalized spacial score (nSPS) is 15.7. The quantitative estimate of drug-likeness (QED) is 0.323. The lowest BCUT2D eigenvalue weighted by Gasteiger charge is -2.15. The van der Waals surface area contributed by atoms with E-state index in [1.54, 1.807) is 12.4 Å². The first-order valence-electron chi connectivity index (χ1n) is 12.3. The summed E-state index contributed by atoms with van der Waals surface area (Å²) in [7, 11) is 0. The van der Waals surface area contributed by atoms with Gasteiger partial charge in [0.25, 0.3) is 0 Å². The van der Waals surface area contributed by atoms with Gasteiger partial charge in [-0.1, -0.05) is 29.4 Å². The van der Waals surface area contributed by atoms with Gasteiger partial charge >= 0.3 is 0 Å². The van der Waals surface area contributed by atoms with Crippen LogP contribution in [0.5, 0.6) is 0 Å². The number of nitrogens with zero attached hydrogens (tertiary/aromatic N) is 5. The molecular weight excluding hydrogens is 450 g/mol. The van der Waals surface area contributed by atoms with Crippen LogP contribution in [0.25, 0.3) is 34.0 Å². The highest BCUT2D eigenvalue weighted by molar-refractivity contribution is 5.68. The highest BCUT2D eigenvalue weighted by Crippen LogP contribution is 2.30. The van der Waals surface area contributed by atoms with Crippen molar-refractivity contribution in [1.82, 2.24) is 20.1 Å². The Hall–Kier alpha value is -3.89. The van der Waals surface area contributed by atoms with Gasteiger partial charge in [0.2, 0.25) is 0 Å². The average molecular weight is 480 g/mol. The molecule has 7 nitrogen and oxygen atoms in total. The second-order valence-corrected chi connectivity index (χ2v) is 9.90. The van der Waals surface area contributed by atoms with E-state index in [1.807, 2.05) is 39.0 Å². The Morgan fingerprint density at radius 2 is 1.89 bits per heavy atom. The summed E-state index contributed by atoms with van der Waals surface area (Å²) in [4.78, 5) is 13.7. The van der Waals surface area contributed by atoms with Crippen molar-refractivity contribution in [2.45, 2.75) is 45.4 Å². The molecule has 36 heavy (non-hydrogen) atoms. The molecular formula is C29H29N5O2. The molecule has 0 saturated carbocycles. The van der Waals surface area contributed by atoms with Crippen molar-refractivity contribution >= 4 is 0 Å². The molecule has 4 aromatic rings. The molecule has 3 aromatic heterocycles. The molecule has 4 heterocycles. The molecule has 7 heteroatoms. The molecule has 0 amide bonds. The lowest BCUT2D eigenvalue weighted by molar-refractivity contribution is 0.184. The second-order valence-electron chi connectivity index (χ2n) is 9.90. The Labute approximate surface area is 211 Å². The van der Waals surface area contributed by atoms with Gasteiger partial charge in [-0.15, -0.1) is 0 Å². The van der Waals surface area contributed by atoms with Gasteiger partial charge in [0.1, 0.15) is 11.4 Å². The molecule has 0 N–H and O–H groups in total. The van der Waals surface area contributed by atoms with Gasteiger partial charge in [-0.25, -0.2) is 4.98 Å². The number of aromatic nitrogens is 4. The van der Waals surface area contributed by atoms with Gasteiger partial charge in [0, 0.05) is 36.6 Å². The summed E-state index contributed by atoms with van der Waals surface area (Å²) >= 11 is 0. The molecule has 0 spiro atoms. The Morgan fingerprint density at radius 1 is 1.06 bits per heavy atom. The van der Waals surface area contributed by atoms with Crippen molar-refractivity contribution in [3.05, 3.63) is 71.8 Å². The fourth-order valence-corrected chi connectivity index (χ4v) is 4.36. The van der Waals surface area contributed by atoms with E-state index in [-0.39, 0.29) is 0 Å². The molecule has 0 aliphatic carbocycles. The van der Waals surface area contributed by atoms with Crippen LogP contribution >= 0.6 is 0 Å². The third kappa shape index (κ3) is 5.05. The number of hydrogen-bond donors (Lipinski definition) is 0. The second kappa shape index (κ2) is 10.00. The van der Waals surface area contributed by atoms with Crippen LogP contribution in [-0.2, 0) is 16.6 Å². The summed E-state index contributed by atoms with van der Waals surface area (Å²) in [6, 6.07) is 16.5. The smallest absolute Gasteiger partial charge is 0.187 e. The summed E-state index contributed by atoms with van der Waals surface area (Å²) in [5.74, 6) is 1.24. The number of aryl methyl sites for hydroxylation is 2. The summed E-state index contributed by atoms with van der Waals surface area (Å²) < 4.78 is 11.2. The summed E-state index contributed by atoms with van der Waals surface area (Å²) in [5.41, 5.74) is 5.98. The Morgan fingerprint density at radius 3 is 2.64 bits per heavy atom. The Balaban J connectivity index is 1.36. The van der Waals surface area contributed by atoms with Crippen molar-refractivity contribution in [3.8, 4) is 40.0 Å². The largest absolute Gasteiger partial charge is 0.381 e. The molecule has 5 rings (SSSR count). The lowest BCUT2D eigenvalue weighted by atomic mass is 9.90. The van der Waals surface area contributed by atoms with Gasteiger partial charge in [-0.05, 0) is 63.6 Å². The fraction of sp³-hybridized carbons (Fsp3) is 0.345. The number of rotatable bonds is 7. The minimum absolute atomic E-state index is 0.564. The first-order valence-corrected chi connectivity index (χ1v) is 12.3. The predicted molar refractivity (Wildman–Crippen MR) is 137 cm³/mol. The molecule has 182 valence electrons. The molecule has 1 fully saturated rings. The molecule has 1 aliphatic heterocycles. The van der Waals surface area contributed by atoms with Crippen LogP contribution in [0.2, 0.25) is 0 Å². The van der Waals surface area contributed by atoms with E-state index in [2.05, 4.69) is 45.5 Å². The molecule has 1 atom stereocenters. The first kappa shape index (κ1) is 23.8. The highest BCUT2D eigenvalue weighted by atomic mass is 16.5. The van der Waals surface area contributed by atoms with Crippen LogP contribution in [0.1, 0.15) is 43.6 Å². The molecule has 1 unspecified atom stereocenters. The van der Waals surface area contributed by atoms with Crippen molar-refractivity contribution in [1.29, 1.82) is 5.26 Å². The molecule has 0 radical (unpaired) electrons. The summed E-state index contributed by atoms with van der Waals surface area (Å²) in [6.07, 6.45) is 6.81. The van der Waals surface area contributed by atoms with Crippen LogP contribution in [0, 0.1) is 24.2 Å². The van der Waals surface area contributed by atoms with E-state index in [9.17, 15) is 5.26 Å². The van der Waals surface area contributed by atoms with Crippen LogP contribution in [0.15, 0.2) is 59.4 Å². The van der Waals surface area contributed by atoms with E-state index in [1.165, 1.54) is 12.0 Å². The number of pyridine rings is 1. The van der Waals surface area contributed by atoms with Gasteiger partial charge in [0.05, 0.1) is 34.8 Å². The fourth-order valence-electron chi connectivity index (χ4n) is 4.36. The van der Waals surface area contributed by atoms with Gasteiger partial charge in [-0.2, -0.15) is 5.26 Å². The van der Waals surface area contributed by atoms with E-state index >= 15 is 0 Å². The third-order valence-electron chi connectivity index (χ3n) is 6.79. The van der Waals surface area contributed by atoms with E-state index in [0.717, 1.165) is 48.6 Å². The number of ether oxygens (including phenoxy) is 1. The molecule has 1 saturated heterocycles. The Kier molecular flexibility index (Phi) is 6.62. The maximum Gasteiger partial charge on any atom is 0.187 e. The van der Waals surface area contributed by atoms with Crippen molar-refractivity contribution < 1.29 is 9.26 Å². The van der Waals surface area contributed by atoms with Crippen LogP contribution in [0.3, 0.4) is 0 Å². The summed E-state index contributed by atoms with van der Waals surface area (Å²) in [5, 5.41) is 13.8. The molecule has 1 aliphatic rings. The van der Waals surface area contributed by atoms with Crippen molar-refractivity contribution in [3.63, 3.8) is 0 Å². The van der Waals surface area contributed by atoms with Crippen LogP contribution < -0.4 is 0 Å². The monoisotopic (exact) mass is 479 g/mol. The topological polar surface area (TPSA) is 97.7 Å². The minimum Gasteiger partial charge on any atom is -0.381 e. The van der Waals surface area contributed by atoms with Gasteiger partial charge in [-0.3, -0.25) is 9.97 Å². The highest BCUT2D eigenvalue weighted by Gasteiger charge is 2.22. The predicted octanol–water partition coefficient (Wildman–Crippen LogP) is 5.94. The standard InChI is InChI=1S/C29H29N5O2/c1-19-28(33-25(16-32-19)23-10-12-31-27(14-23)29(2,3)18-30)26-15-24(34-36-26)22-8-6-20(7-9-22)4-5-21-11-13-35-17-21/h6-10,12,14-16,21H,4-5,11,13,17H2,1-3H3. The SMILES string of the molecule is Cc1ncc(-c2ccnc(C(C)(C)C#N)c2)nc1-c1cc(-c2ccc(CCC3CCOC3)cc2)no1. The molecule has 1 aromatic carbocycles. The zero-order valence-corrected chi connectivity index (χ0v) is 20.9. The maximum absolute atomic E-state index is 9.48. The maximum atomic E-state index is 9.48. The Bertz CT molecular complexity index is 1400. The lowest BCUT2D eigenvalue weighted by Crippen LogP contribution is -2.15.